The minimum Gasteiger partial charge on any atom is -0.377 e. The molecule has 1 amide bonds. The van der Waals surface area contributed by atoms with Crippen molar-refractivity contribution < 1.29 is 14.3 Å². The first-order valence-electron chi connectivity index (χ1n) is 11.2. The van der Waals surface area contributed by atoms with Crippen LogP contribution >= 0.6 is 0 Å². The summed E-state index contributed by atoms with van der Waals surface area (Å²) in [5.74, 6) is 0.878. The van der Waals surface area contributed by atoms with Crippen LogP contribution in [0.5, 0.6) is 0 Å². The predicted molar refractivity (Wildman–Crippen MR) is 121 cm³/mol. The lowest BCUT2D eigenvalue weighted by molar-refractivity contribution is -0.135. The molecule has 0 aliphatic carbocycles. The van der Waals surface area contributed by atoms with E-state index in [0.29, 0.717) is 44.8 Å². The minimum absolute atomic E-state index is 0.0260. The van der Waals surface area contributed by atoms with Crippen molar-refractivity contribution in [1.29, 1.82) is 5.26 Å². The van der Waals surface area contributed by atoms with Gasteiger partial charge in [-0.2, -0.15) is 5.26 Å². The van der Waals surface area contributed by atoms with Crippen LogP contribution in [0.1, 0.15) is 36.0 Å². The Balaban J connectivity index is 1.31. The van der Waals surface area contributed by atoms with Crippen LogP contribution in [0.15, 0.2) is 42.6 Å². The molecule has 0 unspecified atom stereocenters. The van der Waals surface area contributed by atoms with Crippen molar-refractivity contribution in [3.8, 4) is 6.07 Å². The van der Waals surface area contributed by atoms with Gasteiger partial charge in [0.25, 0.3) is 0 Å². The molecule has 1 spiro atoms. The molecule has 2 aromatic rings. The molecule has 2 atom stereocenters. The molecule has 32 heavy (non-hydrogen) atoms. The standard InChI is InChI=1S/C25H30N4O3/c1-19-4-2-3-5-21(19)7-9-24(30)29-12-13-31-18-25(17-29)11-10-22(32-25)16-28-23-8-6-20(14-26)15-27-23/h2-6,8,15,22H,7,9-13,16-18H2,1H3,(H,27,28)/t22-,25-/m1/s1. The Hall–Kier alpha value is -2.95. The number of carbonyl (C=O) groups excluding carboxylic acids is 1. The Labute approximate surface area is 189 Å². The number of ether oxygens (including phenoxy) is 2. The topological polar surface area (TPSA) is 87.5 Å². The molecule has 7 nitrogen and oxygen atoms in total. The van der Waals surface area contributed by atoms with E-state index in [0.717, 1.165) is 25.1 Å². The zero-order valence-electron chi connectivity index (χ0n) is 18.5. The molecule has 1 N–H and O–H groups in total. The van der Waals surface area contributed by atoms with Gasteiger partial charge >= 0.3 is 0 Å². The number of nitriles is 1. The van der Waals surface area contributed by atoms with Gasteiger partial charge in [-0.15, -0.1) is 0 Å². The number of aromatic nitrogens is 1. The van der Waals surface area contributed by atoms with Crippen molar-refractivity contribution in [2.45, 2.75) is 44.3 Å². The summed E-state index contributed by atoms with van der Waals surface area (Å²) >= 11 is 0. The lowest BCUT2D eigenvalue weighted by Gasteiger charge is -2.32. The second kappa shape index (κ2) is 10.1. The molecule has 4 rings (SSSR count). The number of rotatable bonds is 6. The van der Waals surface area contributed by atoms with Gasteiger partial charge in [-0.05, 0) is 49.4 Å². The number of amides is 1. The number of nitrogens with one attached hydrogen (secondary N) is 1. The Kier molecular flexibility index (Phi) is 7.03. The van der Waals surface area contributed by atoms with Gasteiger partial charge < -0.3 is 19.7 Å². The maximum atomic E-state index is 13.0. The fourth-order valence-electron chi connectivity index (χ4n) is 4.45. The fourth-order valence-corrected chi connectivity index (χ4v) is 4.45. The van der Waals surface area contributed by atoms with Crippen LogP contribution in [0.4, 0.5) is 5.82 Å². The van der Waals surface area contributed by atoms with Crippen molar-refractivity contribution in [2.24, 2.45) is 0 Å². The highest BCUT2D eigenvalue weighted by molar-refractivity contribution is 5.76. The second-order valence-corrected chi connectivity index (χ2v) is 8.68. The number of hydrogen-bond acceptors (Lipinski definition) is 6. The maximum Gasteiger partial charge on any atom is 0.223 e. The van der Waals surface area contributed by atoms with Gasteiger partial charge in [0.05, 0.1) is 31.4 Å². The Morgan fingerprint density at radius 2 is 2.22 bits per heavy atom. The van der Waals surface area contributed by atoms with Crippen LogP contribution in [-0.2, 0) is 20.7 Å². The predicted octanol–water partition coefficient (Wildman–Crippen LogP) is 3.08. The second-order valence-electron chi connectivity index (χ2n) is 8.68. The van der Waals surface area contributed by atoms with Crippen LogP contribution in [0, 0.1) is 18.3 Å². The minimum atomic E-state index is -0.445. The summed E-state index contributed by atoms with van der Waals surface area (Å²) in [6, 6.07) is 13.8. The van der Waals surface area contributed by atoms with Gasteiger partial charge in [0, 0.05) is 25.7 Å². The van der Waals surface area contributed by atoms with Crippen molar-refractivity contribution in [2.75, 3.05) is 38.2 Å². The smallest absolute Gasteiger partial charge is 0.223 e. The number of anilines is 1. The normalized spacial score (nSPS) is 23.0. The van der Waals surface area contributed by atoms with Crippen molar-refractivity contribution in [1.82, 2.24) is 9.88 Å². The van der Waals surface area contributed by atoms with E-state index in [-0.39, 0.29) is 12.0 Å². The molecule has 0 bridgehead atoms. The molecular formula is C25H30N4O3. The number of carbonyl (C=O) groups is 1. The van der Waals surface area contributed by atoms with E-state index in [1.807, 2.05) is 17.0 Å². The molecule has 0 radical (unpaired) electrons. The fraction of sp³-hybridized carbons (Fsp3) is 0.480. The monoisotopic (exact) mass is 434 g/mol. The summed E-state index contributed by atoms with van der Waals surface area (Å²) in [6.07, 6.45) is 4.59. The van der Waals surface area contributed by atoms with Gasteiger partial charge in [-0.25, -0.2) is 4.98 Å². The summed E-state index contributed by atoms with van der Waals surface area (Å²) in [5, 5.41) is 12.2. The number of pyridine rings is 1. The van der Waals surface area contributed by atoms with Gasteiger partial charge in [-0.3, -0.25) is 4.79 Å². The van der Waals surface area contributed by atoms with Crippen molar-refractivity contribution >= 4 is 11.7 Å². The Morgan fingerprint density at radius 3 is 3.00 bits per heavy atom. The van der Waals surface area contributed by atoms with E-state index in [4.69, 9.17) is 14.7 Å². The number of nitrogens with zero attached hydrogens (tertiary/aromatic N) is 3. The zero-order chi connectivity index (χ0) is 22.4. The maximum absolute atomic E-state index is 13.0. The first-order chi connectivity index (χ1) is 15.6. The Bertz CT molecular complexity index is 972. The summed E-state index contributed by atoms with van der Waals surface area (Å²) in [7, 11) is 0. The molecule has 0 saturated carbocycles. The summed E-state index contributed by atoms with van der Waals surface area (Å²) in [6.45, 7) is 4.95. The molecule has 2 aliphatic rings. The van der Waals surface area contributed by atoms with Crippen LogP contribution in [0.3, 0.4) is 0 Å². The third-order valence-electron chi connectivity index (χ3n) is 6.31. The highest BCUT2D eigenvalue weighted by atomic mass is 16.6. The van der Waals surface area contributed by atoms with E-state index in [1.165, 1.54) is 11.1 Å². The first-order valence-corrected chi connectivity index (χ1v) is 11.2. The molecular weight excluding hydrogens is 404 g/mol. The molecule has 3 heterocycles. The molecule has 2 fully saturated rings. The SMILES string of the molecule is Cc1ccccc1CCC(=O)N1CCOC[C@@]2(CC[C@H](CNc3ccc(C#N)cn3)O2)C1. The third kappa shape index (κ3) is 5.45. The summed E-state index contributed by atoms with van der Waals surface area (Å²) < 4.78 is 12.3. The van der Waals surface area contributed by atoms with Crippen LogP contribution < -0.4 is 5.32 Å². The van der Waals surface area contributed by atoms with Gasteiger partial charge in [0.15, 0.2) is 0 Å². The summed E-state index contributed by atoms with van der Waals surface area (Å²) in [4.78, 5) is 19.2. The van der Waals surface area contributed by atoms with E-state index >= 15 is 0 Å². The molecule has 2 saturated heterocycles. The van der Waals surface area contributed by atoms with Crippen LogP contribution in [0.2, 0.25) is 0 Å². The van der Waals surface area contributed by atoms with Crippen molar-refractivity contribution in [3.63, 3.8) is 0 Å². The third-order valence-corrected chi connectivity index (χ3v) is 6.31. The molecule has 1 aromatic carbocycles. The highest BCUT2D eigenvalue weighted by Crippen LogP contribution is 2.33. The first kappa shape index (κ1) is 22.3. The van der Waals surface area contributed by atoms with Crippen molar-refractivity contribution in [3.05, 3.63) is 59.3 Å². The average Bonchev–Trinajstić information content (AvgIpc) is 3.09. The lowest BCUT2D eigenvalue weighted by atomic mass is 9.99. The van der Waals surface area contributed by atoms with Gasteiger partial charge in [0.1, 0.15) is 17.5 Å². The average molecular weight is 435 g/mol. The highest BCUT2D eigenvalue weighted by Gasteiger charge is 2.43. The molecule has 2 aliphatic heterocycles. The molecule has 1 aromatic heterocycles. The Morgan fingerprint density at radius 1 is 1.34 bits per heavy atom. The quantitative estimate of drug-likeness (QED) is 0.752. The van der Waals surface area contributed by atoms with Gasteiger partial charge in [-0.1, -0.05) is 24.3 Å². The molecule has 7 heteroatoms. The van der Waals surface area contributed by atoms with E-state index in [1.54, 1.807) is 18.3 Å². The van der Waals surface area contributed by atoms with Gasteiger partial charge in [0.2, 0.25) is 5.91 Å². The number of benzene rings is 1. The van der Waals surface area contributed by atoms with E-state index in [2.05, 4.69) is 35.4 Å². The summed E-state index contributed by atoms with van der Waals surface area (Å²) in [5.41, 5.74) is 2.54. The largest absolute Gasteiger partial charge is 0.377 e. The molecule has 168 valence electrons. The van der Waals surface area contributed by atoms with E-state index < -0.39 is 5.60 Å². The van der Waals surface area contributed by atoms with Crippen LogP contribution in [0.25, 0.3) is 0 Å². The zero-order valence-corrected chi connectivity index (χ0v) is 18.5. The lowest BCUT2D eigenvalue weighted by Crippen LogP contribution is -2.47. The number of aryl methyl sites for hydroxylation is 2. The van der Waals surface area contributed by atoms with E-state index in [9.17, 15) is 4.79 Å². The van der Waals surface area contributed by atoms with Crippen LogP contribution in [-0.4, -0.2) is 60.3 Å². The number of hydrogen-bond donors (Lipinski definition) is 1.